The van der Waals surface area contributed by atoms with Crippen molar-refractivity contribution in [1.29, 1.82) is 0 Å². The molecule has 0 fully saturated rings. The molecule has 4 heteroatoms. The van der Waals surface area contributed by atoms with E-state index in [2.05, 4.69) is 0 Å². The zero-order chi connectivity index (χ0) is 10.1. The molecule has 0 saturated heterocycles. The van der Waals surface area contributed by atoms with Crippen LogP contribution in [0.5, 0.6) is 0 Å². The summed E-state index contributed by atoms with van der Waals surface area (Å²) in [5, 5.41) is 8.70. The van der Waals surface area contributed by atoms with Crippen molar-refractivity contribution in [3.8, 4) is 0 Å². The van der Waals surface area contributed by atoms with E-state index in [1.54, 1.807) is 7.11 Å². The Morgan fingerprint density at radius 3 is 2.54 bits per heavy atom. The lowest BCUT2D eigenvalue weighted by molar-refractivity contribution is -0.142. The molecule has 4 nitrogen and oxygen atoms in total. The number of carboxylic acid groups (broad SMARTS) is 1. The number of aliphatic carboxylic acids is 1. The van der Waals surface area contributed by atoms with Crippen LogP contribution in [-0.4, -0.2) is 38.0 Å². The Balaban J connectivity index is 3.33. The Hall–Kier alpha value is -0.610. The fourth-order valence-corrected chi connectivity index (χ4v) is 0.972. The van der Waals surface area contributed by atoms with Gasteiger partial charge < -0.3 is 14.6 Å². The van der Waals surface area contributed by atoms with Gasteiger partial charge in [0.05, 0.1) is 19.1 Å². The van der Waals surface area contributed by atoms with Gasteiger partial charge in [-0.05, 0) is 12.8 Å². The third-order valence-electron chi connectivity index (χ3n) is 1.88. The summed E-state index contributed by atoms with van der Waals surface area (Å²) < 4.78 is 9.95. The van der Waals surface area contributed by atoms with Crippen LogP contribution in [0.3, 0.4) is 0 Å². The van der Waals surface area contributed by atoms with E-state index in [-0.39, 0.29) is 5.92 Å². The summed E-state index contributed by atoms with van der Waals surface area (Å²) >= 11 is 0. The second-order valence-electron chi connectivity index (χ2n) is 2.84. The predicted octanol–water partition coefficient (Wildman–Crippen LogP) is 1.15. The average molecular weight is 190 g/mol. The zero-order valence-corrected chi connectivity index (χ0v) is 8.28. The molecule has 0 aliphatic carbocycles. The number of hydrogen-bond acceptors (Lipinski definition) is 3. The Labute approximate surface area is 78.8 Å². The van der Waals surface area contributed by atoms with Crippen molar-refractivity contribution in [1.82, 2.24) is 0 Å². The molecule has 0 amide bonds. The number of methoxy groups -OCH3 is 1. The zero-order valence-electron chi connectivity index (χ0n) is 8.28. The Kier molecular flexibility index (Phi) is 7.63. The molecule has 0 spiro atoms. The number of carbonyl (C=O) groups is 1. The number of rotatable bonds is 8. The van der Waals surface area contributed by atoms with Gasteiger partial charge in [0.2, 0.25) is 0 Å². The Morgan fingerprint density at radius 2 is 2.08 bits per heavy atom. The summed E-state index contributed by atoms with van der Waals surface area (Å²) in [5.41, 5.74) is 0. The van der Waals surface area contributed by atoms with Gasteiger partial charge in [-0.3, -0.25) is 4.79 Å². The number of hydrogen-bond donors (Lipinski definition) is 1. The minimum atomic E-state index is -0.738. The molecule has 0 aliphatic heterocycles. The maximum Gasteiger partial charge on any atom is 0.306 e. The molecule has 1 N–H and O–H groups in total. The highest BCUT2D eigenvalue weighted by atomic mass is 16.5. The maximum absolute atomic E-state index is 10.6. The smallest absolute Gasteiger partial charge is 0.306 e. The fraction of sp³-hybridized carbons (Fsp3) is 0.889. The molecule has 0 rings (SSSR count). The molecule has 0 aliphatic rings. The lowest BCUT2D eigenvalue weighted by atomic mass is 10.0. The molecule has 0 bridgehead atoms. The summed E-state index contributed by atoms with van der Waals surface area (Å²) in [4.78, 5) is 10.6. The van der Waals surface area contributed by atoms with Crippen LogP contribution in [-0.2, 0) is 14.3 Å². The molecule has 0 aromatic heterocycles. The minimum Gasteiger partial charge on any atom is -0.481 e. The standard InChI is InChI=1S/C9H18O4/c1-3-8(9(10)11)4-5-13-7-6-12-2/h8H,3-7H2,1-2H3,(H,10,11). The van der Waals surface area contributed by atoms with Crippen molar-refractivity contribution in [2.45, 2.75) is 19.8 Å². The van der Waals surface area contributed by atoms with Crippen LogP contribution < -0.4 is 0 Å². The van der Waals surface area contributed by atoms with E-state index >= 15 is 0 Å². The molecule has 1 atom stereocenters. The van der Waals surface area contributed by atoms with Gasteiger partial charge in [0.1, 0.15) is 0 Å². The molecule has 78 valence electrons. The first-order chi connectivity index (χ1) is 6.22. The molecule has 0 aromatic carbocycles. The molecular formula is C9H18O4. The molecule has 0 aromatic rings. The summed E-state index contributed by atoms with van der Waals surface area (Å²) in [6.45, 7) is 3.46. The van der Waals surface area contributed by atoms with Gasteiger partial charge in [-0.15, -0.1) is 0 Å². The molecule has 0 heterocycles. The lowest BCUT2D eigenvalue weighted by Gasteiger charge is -2.09. The van der Waals surface area contributed by atoms with Crippen LogP contribution in [0, 0.1) is 5.92 Å². The summed E-state index contributed by atoms with van der Waals surface area (Å²) in [6.07, 6.45) is 1.23. The normalized spacial score (nSPS) is 12.8. The van der Waals surface area contributed by atoms with Crippen molar-refractivity contribution >= 4 is 5.97 Å². The van der Waals surface area contributed by atoms with E-state index in [1.807, 2.05) is 6.92 Å². The largest absolute Gasteiger partial charge is 0.481 e. The summed E-state index contributed by atoms with van der Waals surface area (Å²) in [7, 11) is 1.61. The van der Waals surface area contributed by atoms with Crippen LogP contribution >= 0.6 is 0 Å². The highest BCUT2D eigenvalue weighted by molar-refractivity contribution is 5.69. The van der Waals surface area contributed by atoms with Gasteiger partial charge in [0.15, 0.2) is 0 Å². The summed E-state index contributed by atoms with van der Waals surface area (Å²) in [5.74, 6) is -1.01. The van der Waals surface area contributed by atoms with Crippen LogP contribution in [0.1, 0.15) is 19.8 Å². The molecule has 0 saturated carbocycles. The second kappa shape index (κ2) is 8.01. The van der Waals surface area contributed by atoms with Gasteiger partial charge in [-0.1, -0.05) is 6.92 Å². The molecular weight excluding hydrogens is 172 g/mol. The van der Waals surface area contributed by atoms with E-state index in [0.29, 0.717) is 32.7 Å². The lowest BCUT2D eigenvalue weighted by Crippen LogP contribution is -2.15. The van der Waals surface area contributed by atoms with Crippen LogP contribution in [0.2, 0.25) is 0 Å². The molecule has 1 unspecified atom stereocenters. The van der Waals surface area contributed by atoms with Crippen molar-refractivity contribution in [3.63, 3.8) is 0 Å². The topological polar surface area (TPSA) is 55.8 Å². The monoisotopic (exact) mass is 190 g/mol. The van der Waals surface area contributed by atoms with Crippen molar-refractivity contribution < 1.29 is 19.4 Å². The van der Waals surface area contributed by atoms with E-state index in [1.165, 1.54) is 0 Å². The van der Waals surface area contributed by atoms with Gasteiger partial charge in [-0.2, -0.15) is 0 Å². The fourth-order valence-electron chi connectivity index (χ4n) is 0.972. The van der Waals surface area contributed by atoms with E-state index in [4.69, 9.17) is 14.6 Å². The van der Waals surface area contributed by atoms with E-state index in [9.17, 15) is 4.79 Å². The van der Waals surface area contributed by atoms with Crippen molar-refractivity contribution in [3.05, 3.63) is 0 Å². The van der Waals surface area contributed by atoms with E-state index < -0.39 is 5.97 Å². The number of ether oxygens (including phenoxy) is 2. The first kappa shape index (κ1) is 12.4. The first-order valence-corrected chi connectivity index (χ1v) is 4.51. The maximum atomic E-state index is 10.6. The van der Waals surface area contributed by atoms with E-state index in [0.717, 1.165) is 0 Å². The van der Waals surface area contributed by atoms with Gasteiger partial charge in [-0.25, -0.2) is 0 Å². The van der Waals surface area contributed by atoms with Crippen LogP contribution in [0.15, 0.2) is 0 Å². The predicted molar refractivity (Wildman–Crippen MR) is 48.7 cm³/mol. The molecule has 13 heavy (non-hydrogen) atoms. The third-order valence-corrected chi connectivity index (χ3v) is 1.88. The van der Waals surface area contributed by atoms with Crippen LogP contribution in [0.25, 0.3) is 0 Å². The number of carboxylic acids is 1. The van der Waals surface area contributed by atoms with Crippen LogP contribution in [0.4, 0.5) is 0 Å². The Bertz CT molecular complexity index is 136. The van der Waals surface area contributed by atoms with Gasteiger partial charge in [0.25, 0.3) is 0 Å². The highest BCUT2D eigenvalue weighted by Crippen LogP contribution is 2.07. The minimum absolute atomic E-state index is 0.275. The van der Waals surface area contributed by atoms with Gasteiger partial charge in [0, 0.05) is 13.7 Å². The molecule has 0 radical (unpaired) electrons. The van der Waals surface area contributed by atoms with Crippen molar-refractivity contribution in [2.24, 2.45) is 5.92 Å². The SMILES string of the molecule is CCC(CCOCCOC)C(=O)O. The summed E-state index contributed by atoms with van der Waals surface area (Å²) in [6, 6.07) is 0. The van der Waals surface area contributed by atoms with Gasteiger partial charge >= 0.3 is 5.97 Å². The second-order valence-corrected chi connectivity index (χ2v) is 2.84. The van der Waals surface area contributed by atoms with Crippen molar-refractivity contribution in [2.75, 3.05) is 26.9 Å². The highest BCUT2D eigenvalue weighted by Gasteiger charge is 2.13. The quantitative estimate of drug-likeness (QED) is 0.583. The Morgan fingerprint density at radius 1 is 1.38 bits per heavy atom. The average Bonchev–Trinajstić information content (AvgIpc) is 2.10. The third kappa shape index (κ3) is 6.54. The first-order valence-electron chi connectivity index (χ1n) is 4.51.